The van der Waals surface area contributed by atoms with Gasteiger partial charge in [0.1, 0.15) is 0 Å². The largest absolute Gasteiger partial charge is 0.399 e. The second kappa shape index (κ2) is 9.26. The molecule has 3 aliphatic carbocycles. The van der Waals surface area contributed by atoms with Crippen molar-refractivity contribution < 1.29 is 0 Å². The summed E-state index contributed by atoms with van der Waals surface area (Å²) in [7, 11) is 0. The first-order valence-electron chi connectivity index (χ1n) is 16.8. The fraction of sp³-hybridized carbons (Fsp3) is 0.200. The molecular weight excluding hydrogens is 569 g/mol. The number of anilines is 4. The van der Waals surface area contributed by atoms with Crippen LogP contribution in [0.2, 0.25) is 0 Å². The summed E-state index contributed by atoms with van der Waals surface area (Å²) in [6.45, 7) is 14.1. The zero-order valence-corrected chi connectivity index (χ0v) is 28.1. The highest BCUT2D eigenvalue weighted by Crippen LogP contribution is 2.55. The molecular formula is C45H40N2. The summed E-state index contributed by atoms with van der Waals surface area (Å²) in [5.41, 5.74) is 26.5. The van der Waals surface area contributed by atoms with Gasteiger partial charge in [0.05, 0.1) is 0 Å². The summed E-state index contributed by atoms with van der Waals surface area (Å²) in [6.07, 6.45) is 0. The minimum absolute atomic E-state index is 0.0383. The molecule has 0 bridgehead atoms. The average molecular weight is 609 g/mol. The molecule has 6 aromatic carbocycles. The van der Waals surface area contributed by atoms with Crippen LogP contribution in [0.5, 0.6) is 0 Å². The highest BCUT2D eigenvalue weighted by molar-refractivity contribution is 5.91. The molecule has 2 heteroatoms. The summed E-state index contributed by atoms with van der Waals surface area (Å²) < 4.78 is 0. The molecule has 0 atom stereocenters. The molecule has 0 radical (unpaired) electrons. The number of benzene rings is 6. The summed E-state index contributed by atoms with van der Waals surface area (Å²) in [6, 6.07) is 45.4. The molecule has 9 rings (SSSR count). The van der Waals surface area contributed by atoms with Gasteiger partial charge in [-0.2, -0.15) is 0 Å². The van der Waals surface area contributed by atoms with Crippen LogP contribution in [0.3, 0.4) is 0 Å². The van der Waals surface area contributed by atoms with E-state index in [0.717, 1.165) is 11.4 Å². The Kier molecular flexibility index (Phi) is 5.55. The molecule has 2 N–H and O–H groups in total. The van der Waals surface area contributed by atoms with E-state index in [0.29, 0.717) is 0 Å². The first-order valence-corrected chi connectivity index (χ1v) is 16.8. The van der Waals surface area contributed by atoms with Gasteiger partial charge in [-0.05, 0) is 115 Å². The average Bonchev–Trinajstić information content (AvgIpc) is 3.54. The molecule has 0 fully saturated rings. The van der Waals surface area contributed by atoms with Crippen LogP contribution >= 0.6 is 0 Å². The quantitative estimate of drug-likeness (QED) is 0.203. The summed E-state index contributed by atoms with van der Waals surface area (Å²) >= 11 is 0. The van der Waals surface area contributed by atoms with E-state index < -0.39 is 0 Å². The summed E-state index contributed by atoms with van der Waals surface area (Å²) in [5.74, 6) is 0. The maximum Gasteiger partial charge on any atom is 0.0468 e. The van der Waals surface area contributed by atoms with Gasteiger partial charge in [0.25, 0.3) is 0 Å². The summed E-state index contributed by atoms with van der Waals surface area (Å²) in [4.78, 5) is 2.47. The van der Waals surface area contributed by atoms with Crippen LogP contribution < -0.4 is 10.6 Å². The van der Waals surface area contributed by atoms with E-state index in [1.165, 1.54) is 78.1 Å². The maximum atomic E-state index is 6.30. The fourth-order valence-corrected chi connectivity index (χ4v) is 9.02. The fourth-order valence-electron chi connectivity index (χ4n) is 9.02. The normalized spacial score (nSPS) is 16.5. The van der Waals surface area contributed by atoms with Crippen LogP contribution in [-0.2, 0) is 16.2 Å². The van der Waals surface area contributed by atoms with E-state index in [1.54, 1.807) is 0 Å². The minimum Gasteiger partial charge on any atom is -0.399 e. The van der Waals surface area contributed by atoms with Crippen LogP contribution in [0.25, 0.3) is 33.4 Å². The Morgan fingerprint density at radius 1 is 0.362 bits per heavy atom. The van der Waals surface area contributed by atoms with Gasteiger partial charge in [-0.3, -0.25) is 0 Å². The van der Waals surface area contributed by atoms with Crippen LogP contribution in [0.4, 0.5) is 22.7 Å². The van der Waals surface area contributed by atoms with Crippen molar-refractivity contribution in [3.8, 4) is 33.4 Å². The van der Waals surface area contributed by atoms with Gasteiger partial charge >= 0.3 is 0 Å². The zero-order valence-electron chi connectivity index (χ0n) is 28.1. The molecule has 0 spiro atoms. The first-order chi connectivity index (χ1) is 22.5. The van der Waals surface area contributed by atoms with E-state index in [4.69, 9.17) is 5.73 Å². The lowest BCUT2D eigenvalue weighted by atomic mass is 9.82. The number of hydrogen-bond donors (Lipinski definition) is 1. The van der Waals surface area contributed by atoms with E-state index in [2.05, 4.69) is 162 Å². The third-order valence-electron chi connectivity index (χ3n) is 11.6. The van der Waals surface area contributed by atoms with E-state index in [9.17, 15) is 0 Å². The van der Waals surface area contributed by atoms with Gasteiger partial charge < -0.3 is 10.6 Å². The number of rotatable bonds is 3. The van der Waals surface area contributed by atoms with Gasteiger partial charge in [0.15, 0.2) is 0 Å². The third kappa shape index (κ3) is 3.73. The van der Waals surface area contributed by atoms with Crippen molar-refractivity contribution in [1.82, 2.24) is 0 Å². The standard InChI is InChI=1S/C45H40N2/c1-43(2)37-13-9-7-11-31(37)35-24-28(17-21-39(35)43)47(29-18-22-40-36(25-29)32-12-8-10-14-38(32)44(40,3)4)30-16-20-34-33-19-15-27(46)23-41(33)45(5,6)42(34)26-30/h7-26H,46H2,1-6H3. The lowest BCUT2D eigenvalue weighted by molar-refractivity contribution is 0.660. The second-order valence-corrected chi connectivity index (χ2v) is 15.3. The van der Waals surface area contributed by atoms with Crippen molar-refractivity contribution in [3.63, 3.8) is 0 Å². The highest BCUT2D eigenvalue weighted by atomic mass is 15.1. The second-order valence-electron chi connectivity index (χ2n) is 15.3. The van der Waals surface area contributed by atoms with Gasteiger partial charge in [-0.15, -0.1) is 0 Å². The van der Waals surface area contributed by atoms with Crippen molar-refractivity contribution in [2.45, 2.75) is 57.8 Å². The Morgan fingerprint density at radius 3 is 1.30 bits per heavy atom. The first kappa shape index (κ1) is 28.2. The van der Waals surface area contributed by atoms with Crippen LogP contribution in [-0.4, -0.2) is 0 Å². The molecule has 47 heavy (non-hydrogen) atoms. The molecule has 6 aromatic rings. The third-order valence-corrected chi connectivity index (χ3v) is 11.6. The molecule has 3 aliphatic rings. The topological polar surface area (TPSA) is 29.3 Å². The Bertz CT molecular complexity index is 2190. The number of nitrogens with zero attached hydrogens (tertiary/aromatic N) is 1. The molecule has 0 heterocycles. The summed E-state index contributed by atoms with van der Waals surface area (Å²) in [5, 5.41) is 0. The van der Waals surface area contributed by atoms with Crippen molar-refractivity contribution in [3.05, 3.63) is 155 Å². The molecule has 0 amide bonds. The smallest absolute Gasteiger partial charge is 0.0468 e. The molecule has 0 saturated heterocycles. The van der Waals surface area contributed by atoms with Gasteiger partial charge in [0.2, 0.25) is 0 Å². The van der Waals surface area contributed by atoms with Crippen LogP contribution in [0.15, 0.2) is 121 Å². The SMILES string of the molecule is CC1(C)c2ccccc2-c2cc(N(c3ccc4c(c3)-c3ccccc3C4(C)C)c3ccc4c(c3)C(C)(C)c3cc(N)ccc3-4)ccc21. The van der Waals surface area contributed by atoms with E-state index >= 15 is 0 Å². The number of fused-ring (bicyclic) bond motifs is 9. The van der Waals surface area contributed by atoms with Gasteiger partial charge in [0, 0.05) is 39.0 Å². The van der Waals surface area contributed by atoms with Crippen molar-refractivity contribution in [2.24, 2.45) is 0 Å². The van der Waals surface area contributed by atoms with Crippen molar-refractivity contribution in [1.29, 1.82) is 0 Å². The monoisotopic (exact) mass is 608 g/mol. The number of nitrogens with two attached hydrogens (primary N) is 1. The molecule has 0 aliphatic heterocycles. The molecule has 230 valence electrons. The lowest BCUT2D eigenvalue weighted by Crippen LogP contribution is -2.17. The molecule has 0 aromatic heterocycles. The number of nitrogen functional groups attached to an aromatic ring is 1. The Labute approximate surface area is 278 Å². The van der Waals surface area contributed by atoms with Crippen LogP contribution in [0.1, 0.15) is 74.9 Å². The van der Waals surface area contributed by atoms with E-state index in [-0.39, 0.29) is 16.2 Å². The lowest BCUT2D eigenvalue weighted by Gasteiger charge is -2.30. The highest BCUT2D eigenvalue weighted by Gasteiger charge is 2.39. The minimum atomic E-state index is -0.163. The van der Waals surface area contributed by atoms with Crippen LogP contribution in [0, 0.1) is 0 Å². The molecule has 0 unspecified atom stereocenters. The molecule has 2 nitrogen and oxygen atoms in total. The predicted molar refractivity (Wildman–Crippen MR) is 198 cm³/mol. The number of hydrogen-bond acceptors (Lipinski definition) is 2. The Morgan fingerprint density at radius 2 is 0.745 bits per heavy atom. The predicted octanol–water partition coefficient (Wildman–Crippen LogP) is 11.7. The maximum absolute atomic E-state index is 6.30. The van der Waals surface area contributed by atoms with Crippen molar-refractivity contribution in [2.75, 3.05) is 10.6 Å². The van der Waals surface area contributed by atoms with Crippen molar-refractivity contribution >= 4 is 22.7 Å². The van der Waals surface area contributed by atoms with Gasteiger partial charge in [-0.25, -0.2) is 0 Å². The zero-order chi connectivity index (χ0) is 32.5. The molecule has 0 saturated carbocycles. The van der Waals surface area contributed by atoms with E-state index in [1.807, 2.05) is 6.07 Å². The Balaban J connectivity index is 1.27. The Hall–Kier alpha value is -5.08. The van der Waals surface area contributed by atoms with Gasteiger partial charge in [-0.1, -0.05) is 114 Å².